The molecular weight excluding hydrogens is 306 g/mol. The van der Waals surface area contributed by atoms with Crippen LogP contribution in [0, 0.1) is 0 Å². The second kappa shape index (κ2) is 7.77. The van der Waals surface area contributed by atoms with Crippen molar-refractivity contribution in [3.8, 4) is 0 Å². The van der Waals surface area contributed by atoms with E-state index < -0.39 is 0 Å². The van der Waals surface area contributed by atoms with Crippen molar-refractivity contribution >= 4 is 17.2 Å². The molecule has 4 nitrogen and oxygen atoms in total. The molecule has 0 aromatic carbocycles. The number of thiophene rings is 1. The molecule has 2 aromatic rings. The molecule has 0 radical (unpaired) electrons. The molecule has 0 saturated carbocycles. The Balaban J connectivity index is 1.52. The topological polar surface area (TPSA) is 38.1 Å². The van der Waals surface area contributed by atoms with Crippen LogP contribution in [0.3, 0.4) is 0 Å². The van der Waals surface area contributed by atoms with Gasteiger partial charge in [0.05, 0.1) is 6.04 Å². The predicted octanol–water partition coefficient (Wildman–Crippen LogP) is 3.69. The van der Waals surface area contributed by atoms with Gasteiger partial charge < -0.3 is 9.47 Å². The number of amides is 1. The summed E-state index contributed by atoms with van der Waals surface area (Å²) in [6.07, 6.45) is 9.74. The number of hydrogen-bond acceptors (Lipinski definition) is 3. The van der Waals surface area contributed by atoms with Crippen LogP contribution in [-0.2, 0) is 17.6 Å². The number of aryl methyl sites for hydroxylation is 2. The molecule has 0 bridgehead atoms. The number of rotatable bonds is 6. The summed E-state index contributed by atoms with van der Waals surface area (Å²) in [6, 6.07) is 4.62. The van der Waals surface area contributed by atoms with Crippen molar-refractivity contribution < 1.29 is 4.79 Å². The molecule has 0 aliphatic carbocycles. The minimum Gasteiger partial charge on any atom is -0.341 e. The lowest BCUT2D eigenvalue weighted by Gasteiger charge is -2.34. The van der Waals surface area contributed by atoms with E-state index in [9.17, 15) is 4.79 Å². The number of likely N-dealkylation sites (tertiary alicyclic amines) is 1. The van der Waals surface area contributed by atoms with Gasteiger partial charge in [0.15, 0.2) is 0 Å². The van der Waals surface area contributed by atoms with E-state index in [1.54, 1.807) is 11.3 Å². The van der Waals surface area contributed by atoms with Crippen molar-refractivity contribution in [3.63, 3.8) is 0 Å². The van der Waals surface area contributed by atoms with E-state index in [1.165, 1.54) is 4.88 Å². The van der Waals surface area contributed by atoms with Crippen molar-refractivity contribution in [2.24, 2.45) is 0 Å². The minimum atomic E-state index is 0.310. The number of piperidine rings is 1. The molecule has 1 amide bonds. The monoisotopic (exact) mass is 331 g/mol. The Labute approximate surface area is 142 Å². The molecule has 1 atom stereocenters. The lowest BCUT2D eigenvalue weighted by atomic mass is 10.0. The van der Waals surface area contributed by atoms with Crippen LogP contribution in [0.15, 0.2) is 29.9 Å². The van der Waals surface area contributed by atoms with Crippen LogP contribution in [-0.4, -0.2) is 33.4 Å². The van der Waals surface area contributed by atoms with E-state index in [-0.39, 0.29) is 0 Å². The van der Waals surface area contributed by atoms with E-state index in [1.807, 2.05) is 6.20 Å². The Hall–Kier alpha value is -1.62. The Morgan fingerprint density at radius 3 is 3.17 bits per heavy atom. The molecule has 1 saturated heterocycles. The summed E-state index contributed by atoms with van der Waals surface area (Å²) in [7, 11) is 0. The van der Waals surface area contributed by atoms with Crippen LogP contribution in [0.4, 0.5) is 0 Å². The summed E-state index contributed by atoms with van der Waals surface area (Å²) < 4.78 is 2.27. The molecule has 2 aromatic heterocycles. The maximum absolute atomic E-state index is 12.5. The van der Waals surface area contributed by atoms with Gasteiger partial charge in [-0.3, -0.25) is 4.79 Å². The van der Waals surface area contributed by atoms with Gasteiger partial charge in [-0.1, -0.05) is 13.0 Å². The van der Waals surface area contributed by atoms with Crippen molar-refractivity contribution in [1.29, 1.82) is 0 Å². The highest BCUT2D eigenvalue weighted by Gasteiger charge is 2.25. The van der Waals surface area contributed by atoms with Gasteiger partial charge in [-0.2, -0.15) is 0 Å². The van der Waals surface area contributed by atoms with Crippen LogP contribution >= 0.6 is 11.3 Å². The van der Waals surface area contributed by atoms with Gasteiger partial charge in [0.1, 0.15) is 5.82 Å². The molecule has 124 valence electrons. The first-order valence-electron chi connectivity index (χ1n) is 8.59. The van der Waals surface area contributed by atoms with Crippen molar-refractivity contribution in [1.82, 2.24) is 14.5 Å². The predicted molar refractivity (Wildman–Crippen MR) is 93.7 cm³/mol. The first-order chi connectivity index (χ1) is 11.3. The number of carbonyl (C=O) groups is 1. The summed E-state index contributed by atoms with van der Waals surface area (Å²) in [5.41, 5.74) is 0. The molecule has 3 heterocycles. The van der Waals surface area contributed by atoms with Crippen LogP contribution in [0.25, 0.3) is 0 Å². The Kier molecular flexibility index (Phi) is 5.49. The van der Waals surface area contributed by atoms with E-state index in [2.05, 4.69) is 45.1 Å². The van der Waals surface area contributed by atoms with Gasteiger partial charge >= 0.3 is 0 Å². The molecule has 1 aliphatic heterocycles. The van der Waals surface area contributed by atoms with Crippen molar-refractivity contribution in [2.75, 3.05) is 13.1 Å². The second-order valence-electron chi connectivity index (χ2n) is 6.17. The molecule has 23 heavy (non-hydrogen) atoms. The van der Waals surface area contributed by atoms with Crippen LogP contribution in [0.2, 0.25) is 0 Å². The summed E-state index contributed by atoms with van der Waals surface area (Å²) in [4.78, 5) is 20.4. The molecule has 1 fully saturated rings. The first kappa shape index (κ1) is 16.2. The zero-order valence-electron chi connectivity index (χ0n) is 13.8. The maximum Gasteiger partial charge on any atom is 0.222 e. The highest BCUT2D eigenvalue weighted by Crippen LogP contribution is 2.24. The Morgan fingerprint density at radius 2 is 2.39 bits per heavy atom. The van der Waals surface area contributed by atoms with Gasteiger partial charge in [-0.25, -0.2) is 4.98 Å². The third kappa shape index (κ3) is 4.02. The van der Waals surface area contributed by atoms with Crippen LogP contribution in [0.1, 0.15) is 49.4 Å². The summed E-state index contributed by atoms with van der Waals surface area (Å²) in [5, 5.41) is 2.10. The fourth-order valence-electron chi connectivity index (χ4n) is 3.39. The number of hydrogen-bond donors (Lipinski definition) is 0. The SMILES string of the molecule is CCc1nccn1[C@H]1CCCN(C(=O)CCCc2cccs2)C1. The molecule has 5 heteroatoms. The van der Waals surface area contributed by atoms with Gasteiger partial charge in [-0.05, 0) is 37.1 Å². The minimum absolute atomic E-state index is 0.310. The highest BCUT2D eigenvalue weighted by molar-refractivity contribution is 7.09. The Bertz CT molecular complexity index is 620. The number of nitrogens with zero attached hydrogens (tertiary/aromatic N) is 3. The van der Waals surface area contributed by atoms with E-state index >= 15 is 0 Å². The van der Waals surface area contributed by atoms with E-state index in [0.717, 1.165) is 51.0 Å². The standard InChI is InChI=1S/C18H25N3OS/c1-2-17-19-10-12-21(17)15-6-4-11-20(14-15)18(22)9-3-7-16-8-5-13-23-16/h5,8,10,12-13,15H,2-4,6-7,9,11,14H2,1H3/t15-/m0/s1. The lowest BCUT2D eigenvalue weighted by molar-refractivity contribution is -0.132. The molecule has 3 rings (SSSR count). The van der Waals surface area contributed by atoms with Crippen LogP contribution in [0.5, 0.6) is 0 Å². The Morgan fingerprint density at radius 1 is 1.48 bits per heavy atom. The maximum atomic E-state index is 12.5. The number of carbonyl (C=O) groups excluding carboxylic acids is 1. The summed E-state index contributed by atoms with van der Waals surface area (Å²) in [6.45, 7) is 3.88. The number of aromatic nitrogens is 2. The quantitative estimate of drug-likeness (QED) is 0.809. The fourth-order valence-corrected chi connectivity index (χ4v) is 4.14. The highest BCUT2D eigenvalue weighted by atomic mass is 32.1. The molecule has 0 unspecified atom stereocenters. The van der Waals surface area contributed by atoms with Gasteiger partial charge in [0.25, 0.3) is 0 Å². The normalized spacial score (nSPS) is 18.3. The van der Waals surface area contributed by atoms with E-state index in [4.69, 9.17) is 0 Å². The summed E-state index contributed by atoms with van der Waals surface area (Å²) >= 11 is 1.78. The molecule has 0 N–H and O–H groups in total. The second-order valence-corrected chi connectivity index (χ2v) is 7.21. The largest absolute Gasteiger partial charge is 0.341 e. The van der Waals surface area contributed by atoms with Gasteiger partial charge in [-0.15, -0.1) is 11.3 Å². The fraction of sp³-hybridized carbons (Fsp3) is 0.556. The third-order valence-corrected chi connectivity index (χ3v) is 5.54. The van der Waals surface area contributed by atoms with Crippen molar-refractivity contribution in [2.45, 2.75) is 51.5 Å². The third-order valence-electron chi connectivity index (χ3n) is 4.60. The number of imidazole rings is 1. The zero-order valence-corrected chi connectivity index (χ0v) is 14.6. The smallest absolute Gasteiger partial charge is 0.222 e. The molecular formula is C18H25N3OS. The van der Waals surface area contributed by atoms with Crippen LogP contribution < -0.4 is 0 Å². The lowest BCUT2D eigenvalue weighted by Crippen LogP contribution is -2.40. The van der Waals surface area contributed by atoms with Gasteiger partial charge in [0, 0.05) is 43.2 Å². The average Bonchev–Trinajstić information content (AvgIpc) is 3.26. The average molecular weight is 331 g/mol. The van der Waals surface area contributed by atoms with Gasteiger partial charge in [0.2, 0.25) is 5.91 Å². The zero-order chi connectivity index (χ0) is 16.1. The van der Waals surface area contributed by atoms with Crippen molar-refractivity contribution in [3.05, 3.63) is 40.6 Å². The first-order valence-corrected chi connectivity index (χ1v) is 9.47. The van der Waals surface area contributed by atoms with E-state index in [0.29, 0.717) is 18.4 Å². The summed E-state index contributed by atoms with van der Waals surface area (Å²) in [5.74, 6) is 1.44. The molecule has 1 aliphatic rings. The molecule has 0 spiro atoms.